The molecule has 22 heavy (non-hydrogen) atoms. The van der Waals surface area contributed by atoms with E-state index in [0.29, 0.717) is 5.02 Å². The van der Waals surface area contributed by atoms with E-state index in [1.165, 1.54) is 5.56 Å². The molecule has 1 heterocycles. The molecule has 0 spiro atoms. The van der Waals surface area contributed by atoms with Crippen LogP contribution < -0.4 is 0 Å². The van der Waals surface area contributed by atoms with Crippen LogP contribution >= 0.6 is 22.9 Å². The van der Waals surface area contributed by atoms with Crippen molar-refractivity contribution in [2.24, 2.45) is 0 Å². The van der Waals surface area contributed by atoms with Gasteiger partial charge in [-0.05, 0) is 18.6 Å². The van der Waals surface area contributed by atoms with Gasteiger partial charge in [0.1, 0.15) is 6.61 Å². The molecule has 0 N–H and O–H groups in total. The topological polar surface area (TPSA) is 26.3 Å². The van der Waals surface area contributed by atoms with E-state index in [9.17, 15) is 4.79 Å². The van der Waals surface area contributed by atoms with Crippen LogP contribution in [-0.2, 0) is 22.6 Å². The van der Waals surface area contributed by atoms with Crippen molar-refractivity contribution in [3.63, 3.8) is 0 Å². The molecule has 0 fully saturated rings. The summed E-state index contributed by atoms with van der Waals surface area (Å²) in [5.41, 5.74) is 2.13. The summed E-state index contributed by atoms with van der Waals surface area (Å²) in [5.74, 6) is -0.239. The first kappa shape index (κ1) is 15.1. The molecule has 0 saturated heterocycles. The van der Waals surface area contributed by atoms with Crippen LogP contribution in [0.4, 0.5) is 0 Å². The first-order valence-corrected chi connectivity index (χ1v) is 8.20. The second-order valence-electron chi connectivity index (χ2n) is 5.16. The lowest BCUT2D eigenvalue weighted by Crippen LogP contribution is -2.07. The Kier molecular flexibility index (Phi) is 4.46. The summed E-state index contributed by atoms with van der Waals surface area (Å²) >= 11 is 7.90. The van der Waals surface area contributed by atoms with Crippen LogP contribution in [0, 0.1) is 6.92 Å². The molecule has 0 aliphatic heterocycles. The van der Waals surface area contributed by atoms with Gasteiger partial charge in [-0.1, -0.05) is 59.6 Å². The molecule has 4 heteroatoms. The third-order valence-electron chi connectivity index (χ3n) is 3.43. The van der Waals surface area contributed by atoms with Gasteiger partial charge in [-0.25, -0.2) is 0 Å². The van der Waals surface area contributed by atoms with Gasteiger partial charge in [0, 0.05) is 10.1 Å². The van der Waals surface area contributed by atoms with Gasteiger partial charge in [-0.2, -0.15) is 0 Å². The summed E-state index contributed by atoms with van der Waals surface area (Å²) in [5, 5.41) is 1.70. The minimum atomic E-state index is -0.239. The predicted molar refractivity (Wildman–Crippen MR) is 91.5 cm³/mol. The minimum absolute atomic E-state index is 0.225. The first-order valence-electron chi connectivity index (χ1n) is 7.00. The maximum atomic E-state index is 11.9. The highest BCUT2D eigenvalue weighted by molar-refractivity contribution is 7.19. The molecule has 0 aliphatic carbocycles. The van der Waals surface area contributed by atoms with Crippen LogP contribution in [-0.4, -0.2) is 5.97 Å². The summed E-state index contributed by atoms with van der Waals surface area (Å²) in [6, 6.07) is 15.8. The van der Waals surface area contributed by atoms with Gasteiger partial charge in [0.05, 0.1) is 16.3 Å². The van der Waals surface area contributed by atoms with Crippen LogP contribution in [0.2, 0.25) is 5.02 Å². The fraction of sp³-hybridized carbons (Fsp3) is 0.167. The van der Waals surface area contributed by atoms with Crippen LogP contribution in [0.5, 0.6) is 0 Å². The van der Waals surface area contributed by atoms with Crippen LogP contribution in [0.25, 0.3) is 10.1 Å². The summed E-state index contributed by atoms with van der Waals surface area (Å²) in [6.07, 6.45) is 0.281. The number of hydrogen-bond donors (Lipinski definition) is 0. The molecule has 112 valence electrons. The van der Waals surface area contributed by atoms with Gasteiger partial charge in [-0.3, -0.25) is 4.79 Å². The predicted octanol–water partition coefficient (Wildman–Crippen LogP) is 5.15. The zero-order valence-corrected chi connectivity index (χ0v) is 13.7. The first-order chi connectivity index (χ1) is 10.6. The molecule has 3 rings (SSSR count). The standard InChI is InChI=1S/C18H15ClO2S/c1-12-6-8-13(9-7-12)10-17(20)21-11-16-18(19)14-4-2-3-5-15(14)22-16/h2-9H,10-11H2,1H3. The average Bonchev–Trinajstić information content (AvgIpc) is 2.84. The number of ether oxygens (including phenoxy) is 1. The van der Waals surface area contributed by atoms with E-state index in [0.717, 1.165) is 20.5 Å². The zero-order chi connectivity index (χ0) is 15.5. The fourth-order valence-corrected chi connectivity index (χ4v) is 3.63. The third kappa shape index (κ3) is 3.32. The summed E-state index contributed by atoms with van der Waals surface area (Å²) < 4.78 is 6.47. The highest BCUT2D eigenvalue weighted by atomic mass is 35.5. The lowest BCUT2D eigenvalue weighted by Gasteiger charge is -2.04. The lowest BCUT2D eigenvalue weighted by atomic mass is 10.1. The van der Waals surface area contributed by atoms with Crippen molar-refractivity contribution < 1.29 is 9.53 Å². The zero-order valence-electron chi connectivity index (χ0n) is 12.1. The Bertz CT molecular complexity index is 806. The van der Waals surface area contributed by atoms with Crippen molar-refractivity contribution >= 4 is 39.0 Å². The average molecular weight is 331 g/mol. The number of esters is 1. The van der Waals surface area contributed by atoms with Crippen molar-refractivity contribution in [1.29, 1.82) is 0 Å². The SMILES string of the molecule is Cc1ccc(CC(=O)OCc2sc3ccccc3c2Cl)cc1. The number of rotatable bonds is 4. The molecular weight excluding hydrogens is 316 g/mol. The maximum Gasteiger partial charge on any atom is 0.310 e. The van der Waals surface area contributed by atoms with E-state index in [-0.39, 0.29) is 19.0 Å². The fourth-order valence-electron chi connectivity index (χ4n) is 2.23. The van der Waals surface area contributed by atoms with Crippen molar-refractivity contribution in [2.45, 2.75) is 20.0 Å². The summed E-state index contributed by atoms with van der Waals surface area (Å²) in [6.45, 7) is 2.24. The number of aryl methyl sites for hydroxylation is 1. The van der Waals surface area contributed by atoms with E-state index in [2.05, 4.69) is 0 Å². The molecule has 2 nitrogen and oxygen atoms in total. The Morgan fingerprint density at radius 1 is 1.14 bits per heavy atom. The number of halogens is 1. The van der Waals surface area contributed by atoms with Gasteiger partial charge < -0.3 is 4.74 Å². The van der Waals surface area contributed by atoms with Crippen molar-refractivity contribution in [1.82, 2.24) is 0 Å². The molecular formula is C18H15ClO2S. The van der Waals surface area contributed by atoms with E-state index >= 15 is 0 Å². The van der Waals surface area contributed by atoms with E-state index < -0.39 is 0 Å². The monoisotopic (exact) mass is 330 g/mol. The van der Waals surface area contributed by atoms with Gasteiger partial charge in [0.2, 0.25) is 0 Å². The number of fused-ring (bicyclic) bond motifs is 1. The highest BCUT2D eigenvalue weighted by Crippen LogP contribution is 2.35. The van der Waals surface area contributed by atoms with Gasteiger partial charge >= 0.3 is 5.97 Å². The summed E-state index contributed by atoms with van der Waals surface area (Å²) in [4.78, 5) is 12.8. The number of thiophene rings is 1. The van der Waals surface area contributed by atoms with E-state index in [4.69, 9.17) is 16.3 Å². The van der Waals surface area contributed by atoms with Gasteiger partial charge in [0.25, 0.3) is 0 Å². The van der Waals surface area contributed by atoms with Gasteiger partial charge in [0.15, 0.2) is 0 Å². The minimum Gasteiger partial charge on any atom is -0.460 e. The Morgan fingerprint density at radius 3 is 2.59 bits per heavy atom. The lowest BCUT2D eigenvalue weighted by molar-refractivity contribution is -0.144. The molecule has 1 aromatic heterocycles. The van der Waals surface area contributed by atoms with E-state index in [1.54, 1.807) is 11.3 Å². The molecule has 0 bridgehead atoms. The van der Waals surface area contributed by atoms with Crippen LogP contribution in [0.1, 0.15) is 16.0 Å². The van der Waals surface area contributed by atoms with Crippen LogP contribution in [0.15, 0.2) is 48.5 Å². The molecule has 0 radical (unpaired) electrons. The number of carbonyl (C=O) groups excluding carboxylic acids is 1. The second-order valence-corrected chi connectivity index (χ2v) is 6.67. The molecule has 3 aromatic rings. The molecule has 0 aliphatic rings. The number of carbonyl (C=O) groups is 1. The Hall–Kier alpha value is -1.84. The molecule has 0 atom stereocenters. The van der Waals surface area contributed by atoms with Crippen molar-refractivity contribution in [3.8, 4) is 0 Å². The second kappa shape index (κ2) is 6.51. The normalized spacial score (nSPS) is 10.8. The van der Waals surface area contributed by atoms with Gasteiger partial charge in [-0.15, -0.1) is 11.3 Å². The van der Waals surface area contributed by atoms with Crippen molar-refractivity contribution in [2.75, 3.05) is 0 Å². The largest absolute Gasteiger partial charge is 0.460 e. The molecule has 2 aromatic carbocycles. The molecule has 0 saturated carbocycles. The van der Waals surface area contributed by atoms with Crippen molar-refractivity contribution in [3.05, 3.63) is 69.6 Å². The molecule has 0 amide bonds. The smallest absolute Gasteiger partial charge is 0.310 e. The summed E-state index contributed by atoms with van der Waals surface area (Å²) in [7, 11) is 0. The van der Waals surface area contributed by atoms with E-state index in [1.807, 2.05) is 55.5 Å². The Balaban J connectivity index is 1.64. The quantitative estimate of drug-likeness (QED) is 0.618. The molecule has 0 unspecified atom stereocenters. The number of benzene rings is 2. The Morgan fingerprint density at radius 2 is 1.86 bits per heavy atom. The maximum absolute atomic E-state index is 11.9. The highest BCUT2D eigenvalue weighted by Gasteiger charge is 2.12. The Labute approximate surface area is 138 Å². The number of hydrogen-bond acceptors (Lipinski definition) is 3. The van der Waals surface area contributed by atoms with Crippen LogP contribution in [0.3, 0.4) is 0 Å². The third-order valence-corrected chi connectivity index (χ3v) is 5.12.